The molecule has 2 aromatic rings. The predicted molar refractivity (Wildman–Crippen MR) is 52.2 cm³/mol. The van der Waals surface area contributed by atoms with E-state index in [1.165, 1.54) is 24.2 Å². The molecule has 0 fully saturated rings. The van der Waals surface area contributed by atoms with E-state index in [1.54, 1.807) is 11.3 Å². The van der Waals surface area contributed by atoms with E-state index in [0.717, 1.165) is 22.8 Å². The molecule has 0 atom stereocenters. The minimum atomic E-state index is 1.07. The molecule has 4 heteroatoms. The van der Waals surface area contributed by atoms with Crippen LogP contribution in [0.15, 0.2) is 0 Å². The number of hydrogen-bond donors (Lipinski definition) is 0. The van der Waals surface area contributed by atoms with Gasteiger partial charge in [-0.05, 0) is 32.6 Å². The lowest BCUT2D eigenvalue weighted by atomic mass is 10.0. The van der Waals surface area contributed by atoms with Crippen molar-refractivity contribution in [3.63, 3.8) is 0 Å². The van der Waals surface area contributed by atoms with Crippen LogP contribution in [0, 0.1) is 6.92 Å². The molecule has 0 amide bonds. The average Bonchev–Trinajstić information content (AvgIpc) is 2.60. The Morgan fingerprint density at radius 1 is 1.31 bits per heavy atom. The van der Waals surface area contributed by atoms with Crippen molar-refractivity contribution in [3.8, 4) is 0 Å². The first kappa shape index (κ1) is 7.50. The van der Waals surface area contributed by atoms with Crippen molar-refractivity contribution in [2.24, 2.45) is 0 Å². The van der Waals surface area contributed by atoms with E-state index in [-0.39, 0.29) is 0 Å². The fourth-order valence-electron chi connectivity index (χ4n) is 1.96. The van der Waals surface area contributed by atoms with E-state index in [2.05, 4.69) is 10.1 Å². The Bertz CT molecular complexity index is 455. The maximum Gasteiger partial charge on any atom is 0.212 e. The summed E-state index contributed by atoms with van der Waals surface area (Å²) in [5, 5.41) is 5.57. The summed E-state index contributed by atoms with van der Waals surface area (Å²) in [6.07, 6.45) is 4.87. The summed E-state index contributed by atoms with van der Waals surface area (Å²) >= 11 is 1.69. The second-order valence-electron chi connectivity index (χ2n) is 3.53. The van der Waals surface area contributed by atoms with Crippen LogP contribution in [0.2, 0.25) is 0 Å². The maximum absolute atomic E-state index is 4.59. The molecule has 3 nitrogen and oxygen atoms in total. The van der Waals surface area contributed by atoms with Crippen LogP contribution in [0.5, 0.6) is 0 Å². The Morgan fingerprint density at radius 3 is 3.08 bits per heavy atom. The number of rotatable bonds is 0. The smallest absolute Gasteiger partial charge is 0.212 e. The maximum atomic E-state index is 4.59. The fraction of sp³-hybridized carbons (Fsp3) is 0.556. The number of hydrogen-bond acceptors (Lipinski definition) is 3. The van der Waals surface area contributed by atoms with E-state index in [9.17, 15) is 0 Å². The van der Waals surface area contributed by atoms with Crippen LogP contribution in [0.4, 0.5) is 0 Å². The number of aryl methyl sites for hydroxylation is 3. The van der Waals surface area contributed by atoms with Gasteiger partial charge in [0.05, 0.1) is 11.4 Å². The molecule has 0 aliphatic heterocycles. The van der Waals surface area contributed by atoms with Crippen LogP contribution in [-0.2, 0) is 12.8 Å². The molecular formula is C9H11N3S. The minimum Gasteiger partial charge on any atom is -0.222 e. The number of nitrogens with zero attached hydrogens (tertiary/aromatic N) is 3. The molecule has 2 heterocycles. The fourth-order valence-corrected chi connectivity index (χ4v) is 2.74. The molecule has 0 aromatic carbocycles. The third-order valence-corrected chi connectivity index (χ3v) is 3.38. The number of fused-ring (bicyclic) bond motifs is 3. The lowest BCUT2D eigenvalue weighted by Gasteiger charge is -2.08. The Labute approximate surface area is 80.4 Å². The van der Waals surface area contributed by atoms with Gasteiger partial charge in [0.15, 0.2) is 0 Å². The van der Waals surface area contributed by atoms with Crippen LogP contribution in [0.1, 0.15) is 29.2 Å². The molecule has 0 unspecified atom stereocenters. The van der Waals surface area contributed by atoms with Crippen molar-refractivity contribution in [2.45, 2.75) is 32.6 Å². The summed E-state index contributed by atoms with van der Waals surface area (Å²) < 4.78 is 2.04. The summed E-state index contributed by atoms with van der Waals surface area (Å²) in [4.78, 5) is 5.67. The van der Waals surface area contributed by atoms with Crippen LogP contribution >= 0.6 is 11.3 Å². The summed E-state index contributed by atoms with van der Waals surface area (Å²) in [5.41, 5.74) is 2.63. The third kappa shape index (κ3) is 1.01. The monoisotopic (exact) mass is 193 g/mol. The first-order valence-corrected chi connectivity index (χ1v) is 5.50. The van der Waals surface area contributed by atoms with Crippen LogP contribution in [0.25, 0.3) is 4.96 Å². The molecule has 0 bridgehead atoms. The molecule has 0 saturated heterocycles. The summed E-state index contributed by atoms with van der Waals surface area (Å²) in [6, 6.07) is 0. The van der Waals surface area contributed by atoms with Crippen LogP contribution in [-0.4, -0.2) is 14.6 Å². The standard InChI is InChI=1S/C9H11N3S/c1-6-11-12-8-5-3-2-4-7(8)10-9(12)13-6/h2-5H2,1H3. The zero-order valence-electron chi connectivity index (χ0n) is 7.58. The topological polar surface area (TPSA) is 30.2 Å². The van der Waals surface area contributed by atoms with E-state index in [4.69, 9.17) is 0 Å². The van der Waals surface area contributed by atoms with Crippen LogP contribution in [0.3, 0.4) is 0 Å². The van der Waals surface area contributed by atoms with Crippen molar-refractivity contribution in [1.82, 2.24) is 14.6 Å². The Morgan fingerprint density at radius 2 is 2.15 bits per heavy atom. The highest BCUT2D eigenvalue weighted by Gasteiger charge is 2.17. The first-order chi connectivity index (χ1) is 6.34. The molecule has 68 valence electrons. The van der Waals surface area contributed by atoms with Crippen molar-refractivity contribution in [3.05, 3.63) is 16.4 Å². The summed E-state index contributed by atoms with van der Waals surface area (Å²) in [6.45, 7) is 2.04. The summed E-state index contributed by atoms with van der Waals surface area (Å²) in [5.74, 6) is 0. The zero-order valence-corrected chi connectivity index (χ0v) is 8.39. The first-order valence-electron chi connectivity index (χ1n) is 4.68. The highest BCUT2D eigenvalue weighted by atomic mass is 32.1. The van der Waals surface area contributed by atoms with Crippen molar-refractivity contribution in [2.75, 3.05) is 0 Å². The highest BCUT2D eigenvalue weighted by molar-refractivity contribution is 7.16. The van der Waals surface area contributed by atoms with Gasteiger partial charge in [-0.2, -0.15) is 5.10 Å². The van der Waals surface area contributed by atoms with Gasteiger partial charge in [0.25, 0.3) is 0 Å². The Kier molecular flexibility index (Phi) is 1.47. The summed E-state index contributed by atoms with van der Waals surface area (Å²) in [7, 11) is 0. The molecule has 0 spiro atoms. The largest absolute Gasteiger partial charge is 0.222 e. The molecule has 1 aliphatic carbocycles. The molecule has 0 N–H and O–H groups in total. The minimum absolute atomic E-state index is 1.07. The Balaban J connectivity index is 2.30. The second-order valence-corrected chi connectivity index (χ2v) is 4.69. The third-order valence-electron chi connectivity index (χ3n) is 2.56. The lowest BCUT2D eigenvalue weighted by molar-refractivity contribution is 0.648. The SMILES string of the molecule is Cc1nn2c3c(nc2s1)CCCC3. The molecule has 13 heavy (non-hydrogen) atoms. The van der Waals surface area contributed by atoms with E-state index in [0.29, 0.717) is 0 Å². The van der Waals surface area contributed by atoms with Gasteiger partial charge in [-0.15, -0.1) is 0 Å². The number of aromatic nitrogens is 3. The van der Waals surface area contributed by atoms with E-state index < -0.39 is 0 Å². The number of imidazole rings is 1. The molecule has 0 saturated carbocycles. The van der Waals surface area contributed by atoms with E-state index in [1.807, 2.05) is 11.4 Å². The van der Waals surface area contributed by atoms with Crippen molar-refractivity contribution in [1.29, 1.82) is 0 Å². The van der Waals surface area contributed by atoms with Gasteiger partial charge in [-0.1, -0.05) is 11.3 Å². The molecular weight excluding hydrogens is 182 g/mol. The van der Waals surface area contributed by atoms with E-state index >= 15 is 0 Å². The van der Waals surface area contributed by atoms with Crippen molar-refractivity contribution >= 4 is 16.3 Å². The van der Waals surface area contributed by atoms with Gasteiger partial charge in [0.2, 0.25) is 4.96 Å². The predicted octanol–water partition coefficient (Wildman–Crippen LogP) is 1.98. The van der Waals surface area contributed by atoms with Gasteiger partial charge in [0.1, 0.15) is 5.01 Å². The van der Waals surface area contributed by atoms with Gasteiger partial charge in [-0.3, -0.25) is 0 Å². The quantitative estimate of drug-likeness (QED) is 0.640. The Hall–Kier alpha value is -0.900. The molecule has 1 aliphatic rings. The molecule has 3 rings (SSSR count). The zero-order chi connectivity index (χ0) is 8.84. The second kappa shape index (κ2) is 2.54. The van der Waals surface area contributed by atoms with Crippen LogP contribution < -0.4 is 0 Å². The molecule has 0 radical (unpaired) electrons. The van der Waals surface area contributed by atoms with Crippen molar-refractivity contribution < 1.29 is 0 Å². The van der Waals surface area contributed by atoms with Gasteiger partial charge in [0, 0.05) is 0 Å². The average molecular weight is 193 g/mol. The van der Waals surface area contributed by atoms with Gasteiger partial charge < -0.3 is 0 Å². The highest BCUT2D eigenvalue weighted by Crippen LogP contribution is 2.24. The normalized spacial score (nSPS) is 16.4. The van der Waals surface area contributed by atoms with Gasteiger partial charge in [-0.25, -0.2) is 9.50 Å². The van der Waals surface area contributed by atoms with Gasteiger partial charge >= 0.3 is 0 Å². The molecule has 2 aromatic heterocycles. The lowest BCUT2D eigenvalue weighted by Crippen LogP contribution is -2.04.